The van der Waals surface area contributed by atoms with Gasteiger partial charge in [-0.3, -0.25) is 14.7 Å². The van der Waals surface area contributed by atoms with E-state index in [9.17, 15) is 4.79 Å². The third-order valence-electron chi connectivity index (χ3n) is 9.04. The van der Waals surface area contributed by atoms with Gasteiger partial charge in [-0.25, -0.2) is 0 Å². The zero-order valence-electron chi connectivity index (χ0n) is 26.2. The predicted molar refractivity (Wildman–Crippen MR) is 175 cm³/mol. The quantitative estimate of drug-likeness (QED) is 0.289. The van der Waals surface area contributed by atoms with Crippen LogP contribution in [0.3, 0.4) is 0 Å². The normalized spacial score (nSPS) is 21.6. The van der Waals surface area contributed by atoms with Crippen LogP contribution in [0.25, 0.3) is 0 Å². The molecule has 6 heteroatoms. The first-order chi connectivity index (χ1) is 20.3. The van der Waals surface area contributed by atoms with Crippen LogP contribution < -0.4 is 10.6 Å². The Balaban J connectivity index is 1.19. The summed E-state index contributed by atoms with van der Waals surface area (Å²) in [5, 5.41) is 6.80. The van der Waals surface area contributed by atoms with Crippen molar-refractivity contribution in [3.8, 4) is 0 Å². The van der Waals surface area contributed by atoms with Gasteiger partial charge in [0.25, 0.3) is 5.91 Å². The minimum absolute atomic E-state index is 0.0449. The molecule has 1 aliphatic heterocycles. The second-order valence-corrected chi connectivity index (χ2v) is 12.7. The number of allylic oxidation sites excluding steroid dienone is 4. The number of rotatable bonds is 11. The van der Waals surface area contributed by atoms with Gasteiger partial charge in [0.1, 0.15) is 0 Å². The van der Waals surface area contributed by atoms with Crippen LogP contribution >= 0.6 is 0 Å². The van der Waals surface area contributed by atoms with E-state index in [1.54, 1.807) is 0 Å². The minimum atomic E-state index is -0.0449. The number of nitrogens with one attached hydrogen (secondary N) is 2. The standard InChI is InChI=1S/C36H49N5O/c1-6-28-10-15-35(25(2)20-28)37-23-26(3)38-27(4)30-8-7-9-33(21-30)39-36(42)31-13-14-32(34(22-31)29-11-12-29)24-41-18-16-40(5)17-19-41/h7-10,13-15,21-23,25-27,29,38H,6,11-12,16-20,24H2,1-5H3,(H,39,42)/t25?,26?,27-/m0/s1. The summed E-state index contributed by atoms with van der Waals surface area (Å²) < 4.78 is 0. The van der Waals surface area contributed by atoms with E-state index in [-0.39, 0.29) is 18.0 Å². The molecule has 0 aromatic heterocycles. The van der Waals surface area contributed by atoms with Crippen molar-refractivity contribution in [3.05, 3.63) is 88.1 Å². The van der Waals surface area contributed by atoms with Gasteiger partial charge in [0.2, 0.25) is 0 Å². The highest BCUT2D eigenvalue weighted by Crippen LogP contribution is 2.42. The van der Waals surface area contributed by atoms with Crippen LogP contribution in [0.4, 0.5) is 5.69 Å². The van der Waals surface area contributed by atoms with Gasteiger partial charge in [0.05, 0.1) is 0 Å². The summed E-state index contributed by atoms with van der Waals surface area (Å²) in [6.45, 7) is 14.2. The zero-order valence-corrected chi connectivity index (χ0v) is 26.2. The minimum Gasteiger partial charge on any atom is -0.322 e. The number of anilines is 1. The Morgan fingerprint density at radius 3 is 2.57 bits per heavy atom. The number of likely N-dealkylation sites (N-methyl/N-ethyl adjacent to an activating group) is 1. The first-order valence-corrected chi connectivity index (χ1v) is 15.9. The Kier molecular flexibility index (Phi) is 10.1. The van der Waals surface area contributed by atoms with Crippen molar-refractivity contribution < 1.29 is 4.79 Å². The molecule has 0 spiro atoms. The molecule has 42 heavy (non-hydrogen) atoms. The fourth-order valence-electron chi connectivity index (χ4n) is 6.09. The summed E-state index contributed by atoms with van der Waals surface area (Å²) in [4.78, 5) is 23.1. The van der Waals surface area contributed by atoms with E-state index >= 15 is 0 Å². The van der Waals surface area contributed by atoms with Crippen molar-refractivity contribution in [2.24, 2.45) is 10.9 Å². The number of hydrogen-bond acceptors (Lipinski definition) is 5. The highest BCUT2D eigenvalue weighted by Gasteiger charge is 2.28. The van der Waals surface area contributed by atoms with Gasteiger partial charge in [-0.05, 0) is 99.5 Å². The molecule has 2 aromatic carbocycles. The van der Waals surface area contributed by atoms with Gasteiger partial charge >= 0.3 is 0 Å². The number of carbonyl (C=O) groups excluding carboxylic acids is 1. The van der Waals surface area contributed by atoms with Gasteiger partial charge in [0, 0.05) is 73.9 Å². The highest BCUT2D eigenvalue weighted by atomic mass is 16.1. The Morgan fingerprint density at radius 2 is 1.86 bits per heavy atom. The van der Waals surface area contributed by atoms with Crippen LogP contribution in [0.15, 0.2) is 70.9 Å². The molecule has 6 nitrogen and oxygen atoms in total. The molecule has 2 N–H and O–H groups in total. The largest absolute Gasteiger partial charge is 0.322 e. The van der Waals surface area contributed by atoms with Crippen molar-refractivity contribution in [3.63, 3.8) is 0 Å². The van der Waals surface area contributed by atoms with Gasteiger partial charge < -0.3 is 15.5 Å². The highest BCUT2D eigenvalue weighted by molar-refractivity contribution is 6.04. The number of nitrogens with zero attached hydrogens (tertiary/aromatic N) is 3. The van der Waals surface area contributed by atoms with Crippen LogP contribution in [-0.4, -0.2) is 61.2 Å². The number of aliphatic imine (C=N–C) groups is 1. The summed E-state index contributed by atoms with van der Waals surface area (Å²) in [5.41, 5.74) is 8.09. The second kappa shape index (κ2) is 13.9. The van der Waals surface area contributed by atoms with Crippen LogP contribution in [0, 0.1) is 5.92 Å². The summed E-state index contributed by atoms with van der Waals surface area (Å²) in [7, 11) is 2.19. The number of hydrogen-bond donors (Lipinski definition) is 2. The molecular weight excluding hydrogens is 518 g/mol. The van der Waals surface area contributed by atoms with Crippen molar-refractivity contribution in [2.75, 3.05) is 38.5 Å². The average Bonchev–Trinajstić information content (AvgIpc) is 3.83. The maximum atomic E-state index is 13.3. The fourth-order valence-corrected chi connectivity index (χ4v) is 6.09. The molecule has 2 unspecified atom stereocenters. The van der Waals surface area contributed by atoms with Gasteiger partial charge in [-0.1, -0.05) is 43.7 Å². The van der Waals surface area contributed by atoms with Gasteiger partial charge in [-0.15, -0.1) is 0 Å². The van der Waals surface area contributed by atoms with Crippen LogP contribution in [-0.2, 0) is 6.54 Å². The molecule has 3 aliphatic rings. The first-order valence-electron chi connectivity index (χ1n) is 15.9. The summed E-state index contributed by atoms with van der Waals surface area (Å²) >= 11 is 0. The number of carbonyl (C=O) groups is 1. The molecule has 1 saturated heterocycles. The summed E-state index contributed by atoms with van der Waals surface area (Å²) in [6.07, 6.45) is 11.1. The summed E-state index contributed by atoms with van der Waals surface area (Å²) in [6, 6.07) is 14.7. The third-order valence-corrected chi connectivity index (χ3v) is 9.04. The molecule has 1 saturated carbocycles. The molecule has 2 aliphatic carbocycles. The predicted octanol–water partition coefficient (Wildman–Crippen LogP) is 6.93. The van der Waals surface area contributed by atoms with E-state index in [1.807, 2.05) is 24.4 Å². The smallest absolute Gasteiger partial charge is 0.255 e. The van der Waals surface area contributed by atoms with Crippen molar-refractivity contribution in [1.82, 2.24) is 15.1 Å². The maximum Gasteiger partial charge on any atom is 0.255 e. The van der Waals surface area contributed by atoms with Gasteiger partial charge in [-0.2, -0.15) is 0 Å². The third kappa shape index (κ3) is 8.06. The molecule has 1 heterocycles. The molecule has 3 atom stereocenters. The molecule has 5 rings (SSSR count). The number of piperazine rings is 1. The van der Waals surface area contributed by atoms with Crippen LogP contribution in [0.1, 0.15) is 92.4 Å². The lowest BCUT2D eigenvalue weighted by atomic mass is 9.92. The lowest BCUT2D eigenvalue weighted by Crippen LogP contribution is -2.44. The van der Waals surface area contributed by atoms with Crippen LogP contribution in [0.5, 0.6) is 0 Å². The average molecular weight is 568 g/mol. The van der Waals surface area contributed by atoms with Crippen molar-refractivity contribution >= 4 is 17.8 Å². The van der Waals surface area contributed by atoms with Crippen molar-refractivity contribution in [1.29, 1.82) is 0 Å². The Labute approximate surface area is 253 Å². The van der Waals surface area contributed by atoms with E-state index in [4.69, 9.17) is 4.99 Å². The van der Waals surface area contributed by atoms with E-state index in [2.05, 4.69) is 91.6 Å². The fraction of sp³-hybridized carbons (Fsp3) is 0.500. The molecule has 224 valence electrons. The SMILES string of the molecule is CCC1=CC=C(N=CC(C)N[C@@H](C)c2cccc(NC(=O)c3ccc(CN4CCN(C)CC4)c(C4CC4)c3)c2)C(C)C1. The Bertz CT molecular complexity index is 1330. The van der Waals surface area contributed by atoms with E-state index < -0.39 is 0 Å². The van der Waals surface area contributed by atoms with E-state index in [1.165, 1.54) is 29.5 Å². The van der Waals surface area contributed by atoms with Gasteiger partial charge in [0.15, 0.2) is 0 Å². The topological polar surface area (TPSA) is 60.0 Å². The lowest BCUT2D eigenvalue weighted by Gasteiger charge is -2.32. The zero-order chi connectivity index (χ0) is 29.6. The molecular formula is C36H49N5O. The maximum absolute atomic E-state index is 13.3. The first kappa shape index (κ1) is 30.4. The number of benzene rings is 2. The monoisotopic (exact) mass is 567 g/mol. The lowest BCUT2D eigenvalue weighted by molar-refractivity contribution is 0.102. The van der Waals surface area contributed by atoms with Crippen molar-refractivity contribution in [2.45, 2.75) is 77.9 Å². The second-order valence-electron chi connectivity index (χ2n) is 12.7. The van der Waals surface area contributed by atoms with E-state index in [0.29, 0.717) is 11.8 Å². The molecule has 2 fully saturated rings. The molecule has 0 bridgehead atoms. The molecule has 0 radical (unpaired) electrons. The Morgan fingerprint density at radius 1 is 1.07 bits per heavy atom. The summed E-state index contributed by atoms with van der Waals surface area (Å²) in [5.74, 6) is 1.01. The molecule has 2 aromatic rings. The van der Waals surface area contributed by atoms with Crippen LogP contribution in [0.2, 0.25) is 0 Å². The molecule has 1 amide bonds. The Hall–Kier alpha value is -3.06. The number of amides is 1. The van der Waals surface area contributed by atoms with E-state index in [0.717, 1.165) is 68.1 Å².